The number of H-pyrrole nitrogens is 1. The molecular weight excluding hydrogens is 136 g/mol. The molecule has 1 N–H and O–H groups in total. The third-order valence-corrected chi connectivity index (χ3v) is 2.95. The summed E-state index contributed by atoms with van der Waals surface area (Å²) in [6, 6.07) is 0. The van der Waals surface area contributed by atoms with Crippen molar-refractivity contribution in [2.75, 3.05) is 0 Å². The summed E-state index contributed by atoms with van der Waals surface area (Å²) in [5.41, 5.74) is 0. The minimum atomic E-state index is 0. The first-order valence-electron chi connectivity index (χ1n) is 4.09. The smallest absolute Gasteiger partial charge is 0.0610 e. The lowest BCUT2D eigenvalue weighted by molar-refractivity contribution is 0.904. The maximum absolute atomic E-state index is 4.00. The zero-order chi connectivity index (χ0) is 7.42. The Morgan fingerprint density at radius 3 is 3.18 bits per heavy atom. The van der Waals surface area contributed by atoms with Gasteiger partial charge in [0.05, 0.1) is 11.5 Å². The zero-order valence-corrected chi connectivity index (χ0v) is 6.41. The first-order valence-corrected chi connectivity index (χ1v) is 4.09. The van der Waals surface area contributed by atoms with Crippen LogP contribution < -0.4 is 10.6 Å². The van der Waals surface area contributed by atoms with Gasteiger partial charge in [-0.1, -0.05) is 19.1 Å². The van der Waals surface area contributed by atoms with E-state index in [2.05, 4.69) is 29.3 Å². The number of rotatable bonds is 0. The van der Waals surface area contributed by atoms with Crippen LogP contribution in [0.5, 0.6) is 0 Å². The third kappa shape index (κ3) is 0.595. The molecule has 0 amide bonds. The molecule has 1 fully saturated rings. The number of nitrogens with zero attached hydrogens (tertiary/aromatic N) is 1. The van der Waals surface area contributed by atoms with E-state index in [1.807, 2.05) is 6.20 Å². The van der Waals surface area contributed by atoms with Crippen LogP contribution in [0.15, 0.2) is 6.20 Å². The standard InChI is InChI=1S/C9H10N2.H2/c1-5-7-2-6-4-10-11-9(6)3-8(5)7;/h2-5,7-8,11H,1H3;1H. The van der Waals surface area contributed by atoms with Crippen molar-refractivity contribution in [3.8, 4) is 0 Å². The van der Waals surface area contributed by atoms with Crippen molar-refractivity contribution in [2.24, 2.45) is 17.8 Å². The van der Waals surface area contributed by atoms with Crippen molar-refractivity contribution in [3.63, 3.8) is 0 Å². The highest BCUT2D eigenvalue weighted by Gasteiger charge is 2.44. The summed E-state index contributed by atoms with van der Waals surface area (Å²) in [4.78, 5) is 0. The van der Waals surface area contributed by atoms with Gasteiger partial charge in [0.25, 0.3) is 0 Å². The van der Waals surface area contributed by atoms with Crippen LogP contribution >= 0.6 is 0 Å². The topological polar surface area (TPSA) is 28.7 Å². The summed E-state index contributed by atoms with van der Waals surface area (Å²) in [6.45, 7) is 2.31. The molecule has 1 heterocycles. The Kier molecular flexibility index (Phi) is 0.799. The predicted octanol–water partition coefficient (Wildman–Crippen LogP) is 0.112. The molecule has 3 unspecified atom stereocenters. The van der Waals surface area contributed by atoms with Crippen molar-refractivity contribution in [3.05, 3.63) is 16.8 Å². The highest BCUT2D eigenvalue weighted by molar-refractivity contribution is 5.48. The van der Waals surface area contributed by atoms with E-state index in [4.69, 9.17) is 0 Å². The molecule has 0 saturated heterocycles. The molecule has 0 aliphatic heterocycles. The Bertz CT molecular complexity index is 370. The second-order valence-electron chi connectivity index (χ2n) is 3.59. The van der Waals surface area contributed by atoms with Gasteiger partial charge >= 0.3 is 0 Å². The van der Waals surface area contributed by atoms with Crippen molar-refractivity contribution in [1.82, 2.24) is 10.2 Å². The number of aromatic amines is 1. The molecule has 1 aromatic heterocycles. The SMILES string of the molecule is CC1C2C=c3cn[nH]c3=CC12.[HH]. The molecule has 2 aliphatic rings. The number of aromatic nitrogens is 2. The van der Waals surface area contributed by atoms with Crippen LogP contribution in [0.2, 0.25) is 0 Å². The van der Waals surface area contributed by atoms with Gasteiger partial charge < -0.3 is 0 Å². The molecule has 11 heavy (non-hydrogen) atoms. The molecule has 2 heteroatoms. The number of nitrogens with one attached hydrogen (secondary N) is 1. The summed E-state index contributed by atoms with van der Waals surface area (Å²) >= 11 is 0. The molecule has 3 atom stereocenters. The molecule has 0 aromatic carbocycles. The molecule has 1 aromatic rings. The van der Waals surface area contributed by atoms with Crippen molar-refractivity contribution < 1.29 is 1.43 Å². The van der Waals surface area contributed by atoms with E-state index in [-0.39, 0.29) is 1.43 Å². The van der Waals surface area contributed by atoms with Gasteiger partial charge in [-0.3, -0.25) is 5.10 Å². The van der Waals surface area contributed by atoms with Gasteiger partial charge in [0, 0.05) is 6.65 Å². The van der Waals surface area contributed by atoms with Gasteiger partial charge in [-0.2, -0.15) is 5.10 Å². The first-order chi connectivity index (χ1) is 5.36. The number of hydrogen-bond donors (Lipinski definition) is 1. The van der Waals surface area contributed by atoms with Gasteiger partial charge in [0.15, 0.2) is 0 Å². The Morgan fingerprint density at radius 2 is 2.27 bits per heavy atom. The molecule has 1 saturated carbocycles. The van der Waals surface area contributed by atoms with Gasteiger partial charge in [0.2, 0.25) is 0 Å². The monoisotopic (exact) mass is 148 g/mol. The van der Waals surface area contributed by atoms with Crippen LogP contribution in [-0.4, -0.2) is 10.2 Å². The van der Waals surface area contributed by atoms with Crippen LogP contribution in [0, 0.1) is 17.8 Å². The number of hydrogen-bond acceptors (Lipinski definition) is 1. The lowest BCUT2D eigenvalue weighted by atomic mass is 10.2. The Hall–Kier alpha value is -1.05. The summed E-state index contributed by atoms with van der Waals surface area (Å²) < 4.78 is 0. The minimum Gasteiger partial charge on any atom is -0.278 e. The maximum atomic E-state index is 4.00. The second kappa shape index (κ2) is 1.58. The van der Waals surface area contributed by atoms with E-state index in [0.29, 0.717) is 0 Å². The molecule has 2 aliphatic carbocycles. The normalized spacial score (nSPS) is 38.1. The van der Waals surface area contributed by atoms with E-state index < -0.39 is 0 Å². The van der Waals surface area contributed by atoms with E-state index in [1.165, 1.54) is 10.6 Å². The predicted molar refractivity (Wildman–Crippen MR) is 45.0 cm³/mol. The lowest BCUT2D eigenvalue weighted by Crippen LogP contribution is -2.24. The molecule has 2 nitrogen and oxygen atoms in total. The van der Waals surface area contributed by atoms with E-state index in [1.54, 1.807) is 0 Å². The highest BCUT2D eigenvalue weighted by Crippen LogP contribution is 2.48. The molecule has 0 radical (unpaired) electrons. The lowest BCUT2D eigenvalue weighted by Gasteiger charge is -1.89. The van der Waals surface area contributed by atoms with Gasteiger partial charge in [-0.05, 0) is 17.8 Å². The van der Waals surface area contributed by atoms with Crippen molar-refractivity contribution >= 4 is 12.2 Å². The second-order valence-corrected chi connectivity index (χ2v) is 3.59. The van der Waals surface area contributed by atoms with Crippen LogP contribution in [0.25, 0.3) is 12.2 Å². The van der Waals surface area contributed by atoms with Crippen molar-refractivity contribution in [2.45, 2.75) is 6.92 Å². The zero-order valence-electron chi connectivity index (χ0n) is 6.41. The molecule has 0 bridgehead atoms. The van der Waals surface area contributed by atoms with Crippen LogP contribution in [-0.2, 0) is 0 Å². The van der Waals surface area contributed by atoms with E-state index in [9.17, 15) is 0 Å². The average molecular weight is 148 g/mol. The highest BCUT2D eigenvalue weighted by atomic mass is 15.1. The molecular formula is C9H12N2. The van der Waals surface area contributed by atoms with Crippen LogP contribution in [0.3, 0.4) is 0 Å². The van der Waals surface area contributed by atoms with Gasteiger partial charge in [-0.25, -0.2) is 0 Å². The molecule has 3 rings (SSSR count). The molecule has 0 spiro atoms. The molecule has 58 valence electrons. The Labute approximate surface area is 66.1 Å². The Balaban J connectivity index is 0.000000563. The van der Waals surface area contributed by atoms with Gasteiger partial charge in [0.1, 0.15) is 0 Å². The summed E-state index contributed by atoms with van der Waals surface area (Å²) in [5, 5.41) is 9.50. The summed E-state index contributed by atoms with van der Waals surface area (Å²) in [5.74, 6) is 2.46. The quantitative estimate of drug-likeness (QED) is 0.556. The van der Waals surface area contributed by atoms with E-state index >= 15 is 0 Å². The van der Waals surface area contributed by atoms with Crippen molar-refractivity contribution in [1.29, 1.82) is 0 Å². The fraction of sp³-hybridized carbons (Fsp3) is 0.444. The van der Waals surface area contributed by atoms with Crippen LogP contribution in [0.4, 0.5) is 0 Å². The first kappa shape index (κ1) is 5.58. The van der Waals surface area contributed by atoms with Gasteiger partial charge in [-0.15, -0.1) is 0 Å². The van der Waals surface area contributed by atoms with E-state index in [0.717, 1.165) is 17.8 Å². The fourth-order valence-corrected chi connectivity index (χ4v) is 2.02. The fourth-order valence-electron chi connectivity index (χ4n) is 2.02. The minimum absolute atomic E-state index is 0. The largest absolute Gasteiger partial charge is 0.278 e. The maximum Gasteiger partial charge on any atom is 0.0610 e. The summed E-state index contributed by atoms with van der Waals surface area (Å²) in [7, 11) is 0. The third-order valence-electron chi connectivity index (χ3n) is 2.95. The number of fused-ring (bicyclic) bond motifs is 2. The average Bonchev–Trinajstić information content (AvgIpc) is 2.50. The Morgan fingerprint density at radius 1 is 1.45 bits per heavy atom. The summed E-state index contributed by atoms with van der Waals surface area (Å²) in [6.07, 6.45) is 6.57. The van der Waals surface area contributed by atoms with Crippen LogP contribution in [0.1, 0.15) is 8.35 Å².